The second-order valence-electron chi connectivity index (χ2n) is 4.89. The molecule has 0 bridgehead atoms. The van der Waals surface area contributed by atoms with Crippen LogP contribution in [0.5, 0.6) is 0 Å². The van der Waals surface area contributed by atoms with Crippen molar-refractivity contribution in [2.45, 2.75) is 13.1 Å². The number of rotatable bonds is 4. The van der Waals surface area contributed by atoms with Gasteiger partial charge in [-0.05, 0) is 35.4 Å². The van der Waals surface area contributed by atoms with Gasteiger partial charge in [0.2, 0.25) is 0 Å². The maximum absolute atomic E-state index is 6.00. The fourth-order valence-corrected chi connectivity index (χ4v) is 2.43. The van der Waals surface area contributed by atoms with E-state index in [-0.39, 0.29) is 0 Å². The molecule has 0 radical (unpaired) electrons. The molecule has 3 aromatic rings. The van der Waals surface area contributed by atoms with Crippen molar-refractivity contribution in [3.63, 3.8) is 0 Å². The Kier molecular flexibility index (Phi) is 4.04. The lowest BCUT2D eigenvalue weighted by atomic mass is 10.1. The number of hydrogen-bond donors (Lipinski definition) is 2. The quantitative estimate of drug-likeness (QED) is 0.766. The highest BCUT2D eigenvalue weighted by Crippen LogP contribution is 2.24. The van der Waals surface area contributed by atoms with Crippen LogP contribution in [0.2, 0.25) is 5.02 Å². The predicted molar refractivity (Wildman–Crippen MR) is 88.4 cm³/mol. The topological polar surface area (TPSA) is 50.9 Å². The second kappa shape index (κ2) is 6.12. The van der Waals surface area contributed by atoms with Gasteiger partial charge in [0.05, 0.1) is 5.52 Å². The third kappa shape index (κ3) is 3.15. The fraction of sp³-hybridized carbons (Fsp3) is 0.118. The van der Waals surface area contributed by atoms with E-state index in [1.165, 1.54) is 5.56 Å². The number of nitrogens with two attached hydrogens (primary N) is 1. The second-order valence-corrected chi connectivity index (χ2v) is 5.33. The maximum Gasteiger partial charge on any atom is 0.0737 e. The van der Waals surface area contributed by atoms with Gasteiger partial charge in [-0.1, -0.05) is 35.9 Å². The SMILES string of the molecule is NCc1ccc(CNc2ccnc3cc(Cl)ccc23)cc1. The summed E-state index contributed by atoms with van der Waals surface area (Å²) in [5, 5.41) is 5.22. The lowest BCUT2D eigenvalue weighted by molar-refractivity contribution is 1.06. The van der Waals surface area contributed by atoms with Gasteiger partial charge in [0.1, 0.15) is 0 Å². The summed E-state index contributed by atoms with van der Waals surface area (Å²) in [7, 11) is 0. The minimum absolute atomic E-state index is 0.573. The highest BCUT2D eigenvalue weighted by Gasteiger charge is 2.02. The van der Waals surface area contributed by atoms with Gasteiger partial charge in [-0.25, -0.2) is 0 Å². The Labute approximate surface area is 128 Å². The summed E-state index contributed by atoms with van der Waals surface area (Å²) in [6, 6.07) is 16.0. The number of halogens is 1. The fourth-order valence-electron chi connectivity index (χ4n) is 2.27. The molecule has 0 spiro atoms. The normalized spacial score (nSPS) is 10.8. The van der Waals surface area contributed by atoms with Gasteiger partial charge in [-0.3, -0.25) is 4.98 Å². The molecule has 1 heterocycles. The lowest BCUT2D eigenvalue weighted by Crippen LogP contribution is -2.01. The van der Waals surface area contributed by atoms with Crippen LogP contribution < -0.4 is 11.1 Å². The van der Waals surface area contributed by atoms with Crippen LogP contribution in [0.3, 0.4) is 0 Å². The molecule has 0 saturated carbocycles. The maximum atomic E-state index is 6.00. The van der Waals surface area contributed by atoms with Crippen LogP contribution in [-0.2, 0) is 13.1 Å². The smallest absolute Gasteiger partial charge is 0.0737 e. The zero-order chi connectivity index (χ0) is 14.7. The van der Waals surface area contributed by atoms with Crippen molar-refractivity contribution >= 4 is 28.2 Å². The Morgan fingerprint density at radius 2 is 1.76 bits per heavy atom. The minimum Gasteiger partial charge on any atom is -0.380 e. The van der Waals surface area contributed by atoms with Crippen molar-refractivity contribution in [3.8, 4) is 0 Å². The molecule has 0 atom stereocenters. The number of benzene rings is 2. The number of pyridine rings is 1. The summed E-state index contributed by atoms with van der Waals surface area (Å²) < 4.78 is 0. The van der Waals surface area contributed by atoms with Crippen molar-refractivity contribution in [3.05, 3.63) is 70.9 Å². The molecule has 21 heavy (non-hydrogen) atoms. The number of anilines is 1. The molecule has 2 aromatic carbocycles. The van der Waals surface area contributed by atoms with Gasteiger partial charge < -0.3 is 11.1 Å². The third-order valence-electron chi connectivity index (χ3n) is 3.45. The molecule has 0 aliphatic heterocycles. The van der Waals surface area contributed by atoms with E-state index in [2.05, 4.69) is 34.6 Å². The van der Waals surface area contributed by atoms with Gasteiger partial charge in [0.25, 0.3) is 0 Å². The van der Waals surface area contributed by atoms with E-state index in [0.717, 1.165) is 28.7 Å². The zero-order valence-corrected chi connectivity index (χ0v) is 12.3. The average Bonchev–Trinajstić information content (AvgIpc) is 2.53. The summed E-state index contributed by atoms with van der Waals surface area (Å²) in [5.74, 6) is 0. The van der Waals surface area contributed by atoms with Crippen LogP contribution in [0.25, 0.3) is 10.9 Å². The van der Waals surface area contributed by atoms with E-state index in [4.69, 9.17) is 17.3 Å². The van der Waals surface area contributed by atoms with Gasteiger partial charge in [-0.2, -0.15) is 0 Å². The highest BCUT2D eigenvalue weighted by atomic mass is 35.5. The molecule has 0 amide bonds. The van der Waals surface area contributed by atoms with E-state index in [1.54, 1.807) is 6.20 Å². The number of nitrogens with one attached hydrogen (secondary N) is 1. The van der Waals surface area contributed by atoms with Crippen molar-refractivity contribution in [2.75, 3.05) is 5.32 Å². The van der Waals surface area contributed by atoms with Crippen LogP contribution in [-0.4, -0.2) is 4.98 Å². The number of fused-ring (bicyclic) bond motifs is 1. The summed E-state index contributed by atoms with van der Waals surface area (Å²) in [5.41, 5.74) is 9.91. The molecule has 0 aliphatic carbocycles. The molecule has 0 aliphatic rings. The first-order valence-corrected chi connectivity index (χ1v) is 7.20. The first-order valence-electron chi connectivity index (χ1n) is 6.82. The largest absolute Gasteiger partial charge is 0.380 e. The van der Waals surface area contributed by atoms with Gasteiger partial charge >= 0.3 is 0 Å². The van der Waals surface area contributed by atoms with Crippen LogP contribution >= 0.6 is 11.6 Å². The summed E-state index contributed by atoms with van der Waals surface area (Å²) in [4.78, 5) is 4.34. The van der Waals surface area contributed by atoms with E-state index in [1.807, 2.05) is 24.3 Å². The van der Waals surface area contributed by atoms with Gasteiger partial charge in [0.15, 0.2) is 0 Å². The Hall–Kier alpha value is -2.10. The predicted octanol–water partition coefficient (Wildman–Crippen LogP) is 3.96. The zero-order valence-electron chi connectivity index (χ0n) is 11.5. The molecule has 106 valence electrons. The molecule has 0 unspecified atom stereocenters. The van der Waals surface area contributed by atoms with E-state index >= 15 is 0 Å². The molecule has 1 aromatic heterocycles. The first kappa shape index (κ1) is 13.9. The van der Waals surface area contributed by atoms with Crippen molar-refractivity contribution in [2.24, 2.45) is 5.73 Å². The highest BCUT2D eigenvalue weighted by molar-refractivity contribution is 6.31. The molecule has 0 saturated heterocycles. The van der Waals surface area contributed by atoms with Crippen molar-refractivity contribution < 1.29 is 0 Å². The monoisotopic (exact) mass is 297 g/mol. The molecule has 3 nitrogen and oxygen atoms in total. The van der Waals surface area contributed by atoms with Crippen molar-refractivity contribution in [1.29, 1.82) is 0 Å². The Morgan fingerprint density at radius 3 is 2.52 bits per heavy atom. The Bertz CT molecular complexity index is 754. The standard InChI is InChI=1S/C17H16ClN3/c18-14-5-6-15-16(7-8-20-17(15)9-14)21-11-13-3-1-12(10-19)2-4-13/h1-9H,10-11,19H2,(H,20,21). The Balaban J connectivity index is 1.81. The van der Waals surface area contributed by atoms with Gasteiger partial charge in [-0.15, -0.1) is 0 Å². The van der Waals surface area contributed by atoms with E-state index in [0.29, 0.717) is 11.6 Å². The van der Waals surface area contributed by atoms with Gasteiger partial charge in [0, 0.05) is 35.4 Å². The number of aromatic nitrogens is 1. The molecular formula is C17H16ClN3. The first-order chi connectivity index (χ1) is 10.3. The molecular weight excluding hydrogens is 282 g/mol. The number of nitrogens with zero attached hydrogens (tertiary/aromatic N) is 1. The summed E-state index contributed by atoms with van der Waals surface area (Å²) in [6.07, 6.45) is 1.79. The summed E-state index contributed by atoms with van der Waals surface area (Å²) in [6.45, 7) is 1.33. The van der Waals surface area contributed by atoms with E-state index in [9.17, 15) is 0 Å². The lowest BCUT2D eigenvalue weighted by Gasteiger charge is -2.10. The average molecular weight is 298 g/mol. The van der Waals surface area contributed by atoms with Crippen LogP contribution in [0, 0.1) is 0 Å². The molecule has 0 fully saturated rings. The molecule has 3 rings (SSSR count). The Morgan fingerprint density at radius 1 is 1.00 bits per heavy atom. The van der Waals surface area contributed by atoms with Crippen LogP contribution in [0.15, 0.2) is 54.7 Å². The third-order valence-corrected chi connectivity index (χ3v) is 3.68. The number of hydrogen-bond acceptors (Lipinski definition) is 3. The summed E-state index contributed by atoms with van der Waals surface area (Å²) >= 11 is 6.00. The molecule has 4 heteroatoms. The van der Waals surface area contributed by atoms with Crippen LogP contribution in [0.4, 0.5) is 5.69 Å². The van der Waals surface area contributed by atoms with Crippen molar-refractivity contribution in [1.82, 2.24) is 4.98 Å². The van der Waals surface area contributed by atoms with Crippen LogP contribution in [0.1, 0.15) is 11.1 Å². The minimum atomic E-state index is 0.573. The van der Waals surface area contributed by atoms with E-state index < -0.39 is 0 Å². The molecule has 3 N–H and O–H groups in total.